The van der Waals surface area contributed by atoms with Crippen LogP contribution in [0.1, 0.15) is 75.6 Å². The van der Waals surface area contributed by atoms with E-state index in [0.29, 0.717) is 23.9 Å². The normalized spacial score (nSPS) is 24.6. The van der Waals surface area contributed by atoms with Crippen LogP contribution in [-0.2, 0) is 4.74 Å². The number of hydrogen-bond donors (Lipinski definition) is 1. The largest absolute Gasteiger partial charge is 0.378 e. The van der Waals surface area contributed by atoms with Gasteiger partial charge in [0.15, 0.2) is 0 Å². The Morgan fingerprint density at radius 2 is 1.80 bits per heavy atom. The van der Waals surface area contributed by atoms with Crippen molar-refractivity contribution in [1.82, 2.24) is 0 Å². The summed E-state index contributed by atoms with van der Waals surface area (Å²) in [6.07, 6.45) is 1.42. The van der Waals surface area contributed by atoms with E-state index >= 15 is 0 Å². The lowest BCUT2D eigenvalue weighted by atomic mass is 9.84. The van der Waals surface area contributed by atoms with Gasteiger partial charge in [0.1, 0.15) is 0 Å². The molecule has 1 aliphatic heterocycles. The fraction of sp³-hybridized carbons (Fsp3) is 0.667. The molecule has 0 aromatic heterocycles. The van der Waals surface area contributed by atoms with Crippen LogP contribution in [0.2, 0.25) is 0 Å². The number of rotatable bonds is 4. The van der Waals surface area contributed by atoms with Gasteiger partial charge in [-0.2, -0.15) is 0 Å². The Bertz CT molecular complexity index is 453. The first-order valence-corrected chi connectivity index (χ1v) is 7.91. The summed E-state index contributed by atoms with van der Waals surface area (Å²) in [5.74, 6) is 1.52. The Morgan fingerprint density at radius 3 is 2.30 bits per heavy atom. The van der Waals surface area contributed by atoms with Crippen LogP contribution < -0.4 is 5.73 Å². The van der Waals surface area contributed by atoms with Gasteiger partial charge in [-0.25, -0.2) is 0 Å². The van der Waals surface area contributed by atoms with E-state index in [0.717, 1.165) is 13.0 Å². The van der Waals surface area contributed by atoms with E-state index in [2.05, 4.69) is 52.8 Å². The average molecular weight is 275 g/mol. The SMILES string of the molecule is CC1CC(C(N)c2ccc(C(C)C)cc2C(C)C)CO1. The highest BCUT2D eigenvalue weighted by Crippen LogP contribution is 2.35. The molecule has 112 valence electrons. The van der Waals surface area contributed by atoms with Gasteiger partial charge in [-0.1, -0.05) is 45.9 Å². The highest BCUT2D eigenvalue weighted by Gasteiger charge is 2.29. The molecule has 0 aliphatic carbocycles. The average Bonchev–Trinajstić information content (AvgIpc) is 2.83. The molecule has 2 nitrogen and oxygen atoms in total. The molecule has 0 amide bonds. The van der Waals surface area contributed by atoms with Crippen LogP contribution in [0, 0.1) is 5.92 Å². The van der Waals surface area contributed by atoms with Crippen LogP contribution in [0.15, 0.2) is 18.2 Å². The van der Waals surface area contributed by atoms with Gasteiger partial charge in [0.2, 0.25) is 0 Å². The van der Waals surface area contributed by atoms with Gasteiger partial charge in [0.25, 0.3) is 0 Å². The van der Waals surface area contributed by atoms with Gasteiger partial charge in [0, 0.05) is 12.0 Å². The number of ether oxygens (including phenoxy) is 1. The van der Waals surface area contributed by atoms with Gasteiger partial charge in [-0.15, -0.1) is 0 Å². The van der Waals surface area contributed by atoms with Crippen LogP contribution in [0.4, 0.5) is 0 Å². The molecule has 0 spiro atoms. The Hall–Kier alpha value is -0.860. The molecule has 0 saturated carbocycles. The van der Waals surface area contributed by atoms with E-state index < -0.39 is 0 Å². The molecule has 3 atom stereocenters. The molecule has 3 unspecified atom stereocenters. The summed E-state index contributed by atoms with van der Waals surface area (Å²) in [5, 5.41) is 0. The third kappa shape index (κ3) is 3.24. The monoisotopic (exact) mass is 275 g/mol. The zero-order chi connectivity index (χ0) is 14.9. The first-order chi connectivity index (χ1) is 9.40. The minimum absolute atomic E-state index is 0.0959. The summed E-state index contributed by atoms with van der Waals surface area (Å²) >= 11 is 0. The van der Waals surface area contributed by atoms with E-state index in [1.165, 1.54) is 16.7 Å². The summed E-state index contributed by atoms with van der Waals surface area (Å²) in [5.41, 5.74) is 10.7. The molecule has 2 N–H and O–H groups in total. The molecule has 1 fully saturated rings. The lowest BCUT2D eigenvalue weighted by Crippen LogP contribution is -2.23. The molecule has 1 aliphatic rings. The van der Waals surface area contributed by atoms with Crippen molar-refractivity contribution in [2.45, 2.75) is 65.0 Å². The van der Waals surface area contributed by atoms with Crippen LogP contribution in [0.5, 0.6) is 0 Å². The standard InChI is InChI=1S/C18H29NO/c1-11(2)14-6-7-16(17(9-14)12(3)4)18(19)15-8-13(5)20-10-15/h6-7,9,11-13,15,18H,8,10,19H2,1-5H3. The summed E-state index contributed by atoms with van der Waals surface area (Å²) in [7, 11) is 0. The lowest BCUT2D eigenvalue weighted by Gasteiger charge is -2.24. The molecule has 1 saturated heterocycles. The summed E-state index contributed by atoms with van der Waals surface area (Å²) in [6.45, 7) is 11.9. The van der Waals surface area contributed by atoms with E-state index in [9.17, 15) is 0 Å². The van der Waals surface area contributed by atoms with E-state index in [-0.39, 0.29) is 6.04 Å². The van der Waals surface area contributed by atoms with Gasteiger partial charge in [-0.3, -0.25) is 0 Å². The minimum Gasteiger partial charge on any atom is -0.378 e. The Kier molecular flexibility index (Phi) is 4.87. The molecular weight excluding hydrogens is 246 g/mol. The predicted molar refractivity (Wildman–Crippen MR) is 85.1 cm³/mol. The van der Waals surface area contributed by atoms with Crippen molar-refractivity contribution in [1.29, 1.82) is 0 Å². The minimum atomic E-state index is 0.0959. The molecule has 0 radical (unpaired) electrons. The van der Waals surface area contributed by atoms with Crippen molar-refractivity contribution in [2.24, 2.45) is 11.7 Å². The zero-order valence-electron chi connectivity index (χ0n) is 13.5. The molecular formula is C18H29NO. The number of nitrogens with two attached hydrogens (primary N) is 1. The second-order valence-electron chi connectivity index (χ2n) is 6.86. The maximum absolute atomic E-state index is 6.55. The van der Waals surface area contributed by atoms with Crippen molar-refractivity contribution < 1.29 is 4.74 Å². The van der Waals surface area contributed by atoms with Crippen molar-refractivity contribution in [3.05, 3.63) is 34.9 Å². The third-order valence-corrected chi connectivity index (χ3v) is 4.50. The lowest BCUT2D eigenvalue weighted by molar-refractivity contribution is 0.118. The smallest absolute Gasteiger partial charge is 0.0551 e. The number of benzene rings is 1. The van der Waals surface area contributed by atoms with E-state index in [1.54, 1.807) is 0 Å². The predicted octanol–water partition coefficient (Wildman–Crippen LogP) is 4.36. The third-order valence-electron chi connectivity index (χ3n) is 4.50. The van der Waals surface area contributed by atoms with Crippen LogP contribution in [-0.4, -0.2) is 12.7 Å². The van der Waals surface area contributed by atoms with Crippen LogP contribution in [0.25, 0.3) is 0 Å². The molecule has 1 aromatic rings. The van der Waals surface area contributed by atoms with Gasteiger partial charge >= 0.3 is 0 Å². The fourth-order valence-corrected chi connectivity index (χ4v) is 3.11. The van der Waals surface area contributed by atoms with Crippen molar-refractivity contribution in [3.8, 4) is 0 Å². The second kappa shape index (κ2) is 6.28. The molecule has 0 bridgehead atoms. The van der Waals surface area contributed by atoms with Crippen LogP contribution >= 0.6 is 0 Å². The van der Waals surface area contributed by atoms with E-state index in [1.807, 2.05) is 0 Å². The summed E-state index contributed by atoms with van der Waals surface area (Å²) < 4.78 is 5.69. The molecule has 20 heavy (non-hydrogen) atoms. The number of hydrogen-bond acceptors (Lipinski definition) is 2. The van der Waals surface area contributed by atoms with Crippen molar-refractivity contribution in [3.63, 3.8) is 0 Å². The Morgan fingerprint density at radius 1 is 1.10 bits per heavy atom. The summed E-state index contributed by atoms with van der Waals surface area (Å²) in [4.78, 5) is 0. The molecule has 2 rings (SSSR count). The van der Waals surface area contributed by atoms with Gasteiger partial charge in [-0.05, 0) is 41.9 Å². The van der Waals surface area contributed by atoms with Gasteiger partial charge in [0.05, 0.1) is 12.7 Å². The Labute approximate surface area is 123 Å². The molecule has 1 aromatic carbocycles. The summed E-state index contributed by atoms with van der Waals surface area (Å²) in [6, 6.07) is 6.94. The van der Waals surface area contributed by atoms with Crippen molar-refractivity contribution >= 4 is 0 Å². The fourth-order valence-electron chi connectivity index (χ4n) is 3.11. The quantitative estimate of drug-likeness (QED) is 0.886. The topological polar surface area (TPSA) is 35.2 Å². The van der Waals surface area contributed by atoms with E-state index in [4.69, 9.17) is 10.5 Å². The second-order valence-corrected chi connectivity index (χ2v) is 6.86. The zero-order valence-corrected chi connectivity index (χ0v) is 13.5. The highest BCUT2D eigenvalue weighted by atomic mass is 16.5. The molecule has 2 heteroatoms. The Balaban J connectivity index is 2.30. The highest BCUT2D eigenvalue weighted by molar-refractivity contribution is 5.37. The van der Waals surface area contributed by atoms with Crippen molar-refractivity contribution in [2.75, 3.05) is 6.61 Å². The first-order valence-electron chi connectivity index (χ1n) is 7.91. The maximum Gasteiger partial charge on any atom is 0.0551 e. The van der Waals surface area contributed by atoms with Gasteiger partial charge < -0.3 is 10.5 Å². The molecule has 1 heterocycles. The first kappa shape index (κ1) is 15.5. The van der Waals surface area contributed by atoms with Crippen LogP contribution in [0.3, 0.4) is 0 Å². The maximum atomic E-state index is 6.55.